The summed E-state index contributed by atoms with van der Waals surface area (Å²) in [5.74, 6) is -5.69. The van der Waals surface area contributed by atoms with Crippen LogP contribution in [0.4, 0.5) is 0 Å². The second kappa shape index (κ2) is 9.83. The average Bonchev–Trinajstić information content (AvgIpc) is 2.75. The van der Waals surface area contributed by atoms with Crippen LogP contribution in [0.15, 0.2) is 58.3 Å². The van der Waals surface area contributed by atoms with E-state index < -0.39 is 67.5 Å². The lowest BCUT2D eigenvalue weighted by molar-refractivity contribution is -0.137. The monoisotopic (exact) mass is 482 g/mol. The maximum Gasteiger partial charge on any atom is 0.304 e. The van der Waals surface area contributed by atoms with Crippen molar-refractivity contribution in [2.24, 2.45) is 0 Å². The Morgan fingerprint density at radius 1 is 0.562 bits per heavy atom. The predicted molar refractivity (Wildman–Crippen MR) is 110 cm³/mol. The quantitative estimate of drug-likeness (QED) is 0.350. The van der Waals surface area contributed by atoms with E-state index in [1.54, 1.807) is 0 Å². The van der Waals surface area contributed by atoms with Crippen molar-refractivity contribution in [3.63, 3.8) is 0 Å². The molecule has 0 aliphatic heterocycles. The van der Waals surface area contributed by atoms with Crippen LogP contribution in [0.25, 0.3) is 0 Å². The van der Waals surface area contributed by atoms with E-state index >= 15 is 0 Å². The molecule has 0 atom stereocenters. The molecule has 0 fully saturated rings. The van der Waals surface area contributed by atoms with Crippen LogP contribution >= 0.6 is 0 Å². The van der Waals surface area contributed by atoms with Crippen LogP contribution in [-0.4, -0.2) is 62.1 Å². The molecule has 0 aliphatic carbocycles. The molecular weight excluding hydrogens is 464 g/mol. The van der Waals surface area contributed by atoms with Gasteiger partial charge >= 0.3 is 11.9 Å². The smallest absolute Gasteiger partial charge is 0.304 e. The molecule has 2 aromatic carbocycles. The lowest BCUT2D eigenvalue weighted by Crippen LogP contribution is -2.16. The van der Waals surface area contributed by atoms with Gasteiger partial charge in [0, 0.05) is 11.1 Å². The molecule has 2 N–H and O–H groups in total. The third kappa shape index (κ3) is 6.31. The molecular formula is C20H18O10S2. The van der Waals surface area contributed by atoms with Crippen molar-refractivity contribution in [3.8, 4) is 0 Å². The second-order valence-electron chi connectivity index (χ2n) is 6.63. The summed E-state index contributed by atoms with van der Waals surface area (Å²) in [6.45, 7) is 0. The van der Waals surface area contributed by atoms with Gasteiger partial charge in [-0.1, -0.05) is 0 Å². The molecule has 0 amide bonds. The van der Waals surface area contributed by atoms with Gasteiger partial charge in [-0.25, -0.2) is 16.8 Å². The fourth-order valence-corrected chi connectivity index (χ4v) is 5.03. The number of hydrogen-bond acceptors (Lipinski definition) is 8. The number of carboxylic acid groups (broad SMARTS) is 2. The van der Waals surface area contributed by atoms with Gasteiger partial charge in [0.2, 0.25) is 11.6 Å². The van der Waals surface area contributed by atoms with E-state index in [0.29, 0.717) is 0 Å². The number of benzene rings is 2. The normalized spacial score (nSPS) is 11.6. The Morgan fingerprint density at radius 3 is 1.09 bits per heavy atom. The Hall–Kier alpha value is -3.38. The Balaban J connectivity index is 2.16. The van der Waals surface area contributed by atoms with Crippen LogP contribution in [0.3, 0.4) is 0 Å². The number of carboxylic acids is 2. The van der Waals surface area contributed by atoms with Gasteiger partial charge in [0.05, 0.1) is 34.1 Å². The third-order valence-electron chi connectivity index (χ3n) is 4.33. The van der Waals surface area contributed by atoms with Gasteiger partial charge < -0.3 is 10.2 Å². The van der Waals surface area contributed by atoms with E-state index in [9.17, 15) is 36.0 Å². The number of Topliss-reactive ketones (excluding diaryl/α,β-unsaturated/α-hetero) is 2. The molecule has 0 aromatic heterocycles. The molecule has 0 saturated heterocycles. The molecule has 32 heavy (non-hydrogen) atoms. The van der Waals surface area contributed by atoms with Gasteiger partial charge in [0.25, 0.3) is 0 Å². The summed E-state index contributed by atoms with van der Waals surface area (Å²) >= 11 is 0. The molecule has 0 radical (unpaired) electrons. The van der Waals surface area contributed by atoms with Crippen molar-refractivity contribution in [2.75, 3.05) is 11.5 Å². The molecule has 0 heterocycles. The average molecular weight is 482 g/mol. The van der Waals surface area contributed by atoms with Gasteiger partial charge in [-0.15, -0.1) is 0 Å². The maximum absolute atomic E-state index is 12.4. The van der Waals surface area contributed by atoms with Gasteiger partial charge in [0.15, 0.2) is 19.7 Å². The fraction of sp³-hybridized carbons (Fsp3) is 0.200. The van der Waals surface area contributed by atoms with Crippen molar-refractivity contribution < 1.29 is 46.2 Å². The lowest BCUT2D eigenvalue weighted by Gasteiger charge is -2.06. The van der Waals surface area contributed by atoms with E-state index in [2.05, 4.69) is 0 Å². The van der Waals surface area contributed by atoms with Crippen LogP contribution in [0.2, 0.25) is 0 Å². The molecule has 0 aliphatic rings. The van der Waals surface area contributed by atoms with Crippen molar-refractivity contribution in [2.45, 2.75) is 22.6 Å². The Labute approximate surface area is 183 Å². The van der Waals surface area contributed by atoms with Crippen molar-refractivity contribution in [1.82, 2.24) is 0 Å². The van der Waals surface area contributed by atoms with Crippen LogP contribution in [-0.2, 0) is 29.3 Å². The Bertz CT molecular complexity index is 1160. The first-order valence-corrected chi connectivity index (χ1v) is 12.3. The zero-order valence-electron chi connectivity index (χ0n) is 16.4. The van der Waals surface area contributed by atoms with Crippen LogP contribution < -0.4 is 0 Å². The van der Waals surface area contributed by atoms with Crippen molar-refractivity contribution in [1.29, 1.82) is 0 Å². The van der Waals surface area contributed by atoms with Crippen molar-refractivity contribution >= 4 is 43.2 Å². The molecule has 170 valence electrons. The predicted octanol–water partition coefficient (Wildman–Crippen LogP) is 1.25. The topological polar surface area (TPSA) is 177 Å². The van der Waals surface area contributed by atoms with E-state index in [1.807, 2.05) is 0 Å². The summed E-state index contributed by atoms with van der Waals surface area (Å²) in [5, 5.41) is 17.2. The molecule has 0 unspecified atom stereocenters. The van der Waals surface area contributed by atoms with Gasteiger partial charge in [-0.05, 0) is 48.5 Å². The summed E-state index contributed by atoms with van der Waals surface area (Å²) in [7, 11) is -7.74. The van der Waals surface area contributed by atoms with E-state index in [4.69, 9.17) is 10.2 Å². The molecule has 2 aromatic rings. The number of sulfone groups is 2. The molecule has 10 nitrogen and oxygen atoms in total. The lowest BCUT2D eigenvalue weighted by atomic mass is 10.0. The van der Waals surface area contributed by atoms with Crippen LogP contribution in [0.1, 0.15) is 33.6 Å². The second-order valence-corrected chi connectivity index (χ2v) is 10.9. The van der Waals surface area contributed by atoms with E-state index in [1.165, 1.54) is 0 Å². The zero-order chi connectivity index (χ0) is 24.1. The number of carbonyl (C=O) groups excluding carboxylic acids is 2. The van der Waals surface area contributed by atoms with E-state index in [-0.39, 0.29) is 20.9 Å². The zero-order valence-corrected chi connectivity index (χ0v) is 18.1. The fourth-order valence-electron chi connectivity index (χ4n) is 2.57. The summed E-state index contributed by atoms with van der Waals surface area (Å²) in [4.78, 5) is 45.6. The number of aliphatic carboxylic acids is 2. The van der Waals surface area contributed by atoms with Gasteiger partial charge in [-0.2, -0.15) is 0 Å². The molecule has 2 rings (SSSR count). The molecule has 0 saturated carbocycles. The molecule has 0 bridgehead atoms. The first-order chi connectivity index (χ1) is 14.8. The van der Waals surface area contributed by atoms with Gasteiger partial charge in [0.1, 0.15) is 0 Å². The highest BCUT2D eigenvalue weighted by molar-refractivity contribution is 7.91. The number of rotatable bonds is 11. The minimum Gasteiger partial charge on any atom is -0.481 e. The first-order valence-electron chi connectivity index (χ1n) is 9.02. The van der Waals surface area contributed by atoms with Gasteiger partial charge in [-0.3, -0.25) is 19.2 Å². The summed E-state index contributed by atoms with van der Waals surface area (Å²) in [5.41, 5.74) is -0.212. The Morgan fingerprint density at radius 2 is 0.844 bits per heavy atom. The minimum atomic E-state index is -3.87. The highest BCUT2D eigenvalue weighted by atomic mass is 32.2. The van der Waals surface area contributed by atoms with Crippen LogP contribution in [0, 0.1) is 0 Å². The molecule has 0 spiro atoms. The number of carbonyl (C=O) groups is 4. The Kier molecular flexibility index (Phi) is 7.65. The largest absolute Gasteiger partial charge is 0.481 e. The SMILES string of the molecule is O=C(O)CCS(=O)(=O)c1ccc(C(=O)C(=O)c2ccc(S(=O)(=O)CCC(=O)O)cc2)cc1. The summed E-state index contributed by atoms with van der Waals surface area (Å²) in [6, 6.07) is 8.87. The summed E-state index contributed by atoms with van der Waals surface area (Å²) < 4.78 is 48.3. The number of hydrogen-bond donors (Lipinski definition) is 2. The van der Waals surface area contributed by atoms with E-state index in [0.717, 1.165) is 48.5 Å². The van der Waals surface area contributed by atoms with Crippen LogP contribution in [0.5, 0.6) is 0 Å². The maximum atomic E-state index is 12.4. The van der Waals surface area contributed by atoms with Crippen molar-refractivity contribution in [3.05, 3.63) is 59.7 Å². The highest BCUT2D eigenvalue weighted by Crippen LogP contribution is 2.17. The molecule has 12 heteroatoms. The third-order valence-corrected chi connectivity index (χ3v) is 7.79. The minimum absolute atomic E-state index is 0.106. The number of ketones is 2. The summed E-state index contributed by atoms with van der Waals surface area (Å²) in [6.07, 6.45) is -1.16. The highest BCUT2D eigenvalue weighted by Gasteiger charge is 2.22. The first kappa shape index (κ1) is 24.9. The standard InChI is InChI=1S/C20H18O10S2/c21-17(22)9-11-31(27,28)15-5-1-13(2-6-15)19(25)20(26)14-3-7-16(8-4-14)32(29,30)12-10-18(23)24/h1-8H,9-12H2,(H,21,22)(H,23,24).